The summed E-state index contributed by atoms with van der Waals surface area (Å²) in [5.74, 6) is 0. The van der Waals surface area contributed by atoms with Crippen LogP contribution in [0.2, 0.25) is 5.02 Å². The van der Waals surface area contributed by atoms with E-state index in [1.807, 2.05) is 0 Å². The highest BCUT2D eigenvalue weighted by Gasteiger charge is 2.07. The van der Waals surface area contributed by atoms with Crippen molar-refractivity contribution >= 4 is 17.3 Å². The average molecular weight is 186 g/mol. The van der Waals surface area contributed by atoms with Gasteiger partial charge in [0.25, 0.3) is 0 Å². The molecule has 0 aliphatic rings. The summed E-state index contributed by atoms with van der Waals surface area (Å²) in [7, 11) is 0. The van der Waals surface area contributed by atoms with E-state index in [0.29, 0.717) is 17.3 Å². The number of hydrogen-bond donors (Lipinski definition) is 3. The first-order chi connectivity index (χ1) is 5.65. The molecule has 0 aliphatic carbocycles. The maximum atomic E-state index is 5.89. The molecule has 0 aliphatic heterocycles. The Morgan fingerprint density at radius 2 is 2.08 bits per heavy atom. The van der Waals surface area contributed by atoms with E-state index < -0.39 is 0 Å². The van der Waals surface area contributed by atoms with Crippen LogP contribution in [0.25, 0.3) is 0 Å². The number of nitrogen functional groups attached to an aromatic ring is 1. The van der Waals surface area contributed by atoms with Gasteiger partial charge in [0.05, 0.1) is 0 Å². The minimum Gasteiger partial charge on any atom is -0.399 e. The lowest BCUT2D eigenvalue weighted by molar-refractivity contribution is 0.737. The highest BCUT2D eigenvalue weighted by atomic mass is 35.5. The van der Waals surface area contributed by atoms with Crippen molar-refractivity contribution in [3.63, 3.8) is 0 Å². The van der Waals surface area contributed by atoms with E-state index in [1.165, 1.54) is 0 Å². The van der Waals surface area contributed by atoms with Gasteiger partial charge >= 0.3 is 0 Å². The van der Waals surface area contributed by atoms with Crippen LogP contribution >= 0.6 is 11.6 Å². The third-order valence-corrected chi connectivity index (χ3v) is 2.01. The zero-order chi connectivity index (χ0) is 9.14. The van der Waals surface area contributed by atoms with Gasteiger partial charge in [0.2, 0.25) is 0 Å². The first-order valence-electron chi connectivity index (χ1n) is 3.65. The van der Waals surface area contributed by atoms with Gasteiger partial charge in [-0.25, -0.2) is 0 Å². The Hall–Kier alpha value is -0.770. The fraction of sp³-hybridized carbons (Fsp3) is 0.250. The average Bonchev–Trinajstić information content (AvgIpc) is 2.03. The number of halogens is 1. The standard InChI is InChI=1S/C8H12ClN3/c9-7-3-5(11)1-2-6(7)8(12)4-10/h1-3,8H,4,10-12H2. The SMILES string of the molecule is NCC(N)c1ccc(N)cc1Cl. The fourth-order valence-corrected chi connectivity index (χ4v) is 1.30. The Labute approximate surface area is 76.5 Å². The molecule has 66 valence electrons. The highest BCUT2D eigenvalue weighted by molar-refractivity contribution is 6.31. The molecule has 1 rings (SSSR count). The van der Waals surface area contributed by atoms with Crippen molar-refractivity contribution in [1.29, 1.82) is 0 Å². The van der Waals surface area contributed by atoms with Crippen molar-refractivity contribution in [2.24, 2.45) is 11.5 Å². The molecule has 3 nitrogen and oxygen atoms in total. The number of benzene rings is 1. The van der Waals surface area contributed by atoms with E-state index in [4.69, 9.17) is 28.8 Å². The van der Waals surface area contributed by atoms with Crippen LogP contribution in [0.15, 0.2) is 18.2 Å². The zero-order valence-corrected chi connectivity index (χ0v) is 7.38. The van der Waals surface area contributed by atoms with Crippen LogP contribution in [-0.4, -0.2) is 6.54 Å². The Bertz CT molecular complexity index is 275. The molecule has 0 spiro atoms. The first kappa shape index (κ1) is 9.32. The lowest BCUT2D eigenvalue weighted by Gasteiger charge is -2.10. The maximum Gasteiger partial charge on any atom is 0.0474 e. The molecule has 0 saturated carbocycles. The summed E-state index contributed by atoms with van der Waals surface area (Å²) in [6, 6.07) is 5.02. The third-order valence-electron chi connectivity index (χ3n) is 1.68. The topological polar surface area (TPSA) is 78.1 Å². The maximum absolute atomic E-state index is 5.89. The molecule has 12 heavy (non-hydrogen) atoms. The van der Waals surface area contributed by atoms with Gasteiger partial charge in [-0.3, -0.25) is 0 Å². The van der Waals surface area contributed by atoms with E-state index in [2.05, 4.69) is 0 Å². The highest BCUT2D eigenvalue weighted by Crippen LogP contribution is 2.23. The van der Waals surface area contributed by atoms with Crippen LogP contribution < -0.4 is 17.2 Å². The molecule has 6 N–H and O–H groups in total. The van der Waals surface area contributed by atoms with Crippen molar-refractivity contribution in [1.82, 2.24) is 0 Å². The second-order valence-electron chi connectivity index (χ2n) is 2.62. The van der Waals surface area contributed by atoms with E-state index in [9.17, 15) is 0 Å². The summed E-state index contributed by atoms with van der Waals surface area (Å²) < 4.78 is 0. The van der Waals surface area contributed by atoms with Crippen LogP contribution in [-0.2, 0) is 0 Å². The van der Waals surface area contributed by atoms with E-state index >= 15 is 0 Å². The predicted octanol–water partition coefficient (Wildman–Crippen LogP) is 0.881. The molecule has 0 fully saturated rings. The first-order valence-corrected chi connectivity index (χ1v) is 4.03. The van der Waals surface area contributed by atoms with Crippen LogP contribution in [0, 0.1) is 0 Å². The van der Waals surface area contributed by atoms with Gasteiger partial charge in [-0.2, -0.15) is 0 Å². The lowest BCUT2D eigenvalue weighted by Crippen LogP contribution is -2.21. The molecule has 1 atom stereocenters. The normalized spacial score (nSPS) is 12.9. The summed E-state index contributed by atoms with van der Waals surface area (Å²) >= 11 is 5.89. The minimum atomic E-state index is -0.210. The smallest absolute Gasteiger partial charge is 0.0474 e. The molecular formula is C8H12ClN3. The summed E-state index contributed by atoms with van der Waals surface area (Å²) in [6.45, 7) is 0.379. The van der Waals surface area contributed by atoms with E-state index in [0.717, 1.165) is 5.56 Å². The Kier molecular flexibility index (Phi) is 2.92. The molecule has 0 aromatic heterocycles. The quantitative estimate of drug-likeness (QED) is 0.599. The molecular weight excluding hydrogens is 174 g/mol. The Morgan fingerprint density at radius 1 is 1.42 bits per heavy atom. The molecule has 0 saturated heterocycles. The molecule has 4 heteroatoms. The molecule has 0 radical (unpaired) electrons. The summed E-state index contributed by atoms with van der Waals surface area (Å²) in [5, 5.41) is 0.577. The molecule has 0 heterocycles. The van der Waals surface area contributed by atoms with Gasteiger partial charge in [-0.15, -0.1) is 0 Å². The van der Waals surface area contributed by atoms with Crippen molar-refractivity contribution in [3.05, 3.63) is 28.8 Å². The molecule has 0 bridgehead atoms. The van der Waals surface area contributed by atoms with Crippen LogP contribution in [0.5, 0.6) is 0 Å². The molecule has 0 amide bonds. The summed E-state index contributed by atoms with van der Waals surface area (Å²) in [5.41, 5.74) is 18.1. The Balaban J connectivity index is 3.01. The monoisotopic (exact) mass is 185 g/mol. The van der Waals surface area contributed by atoms with Crippen molar-refractivity contribution in [3.8, 4) is 0 Å². The second-order valence-corrected chi connectivity index (χ2v) is 3.03. The third kappa shape index (κ3) is 1.88. The van der Waals surface area contributed by atoms with Gasteiger partial charge in [0.1, 0.15) is 0 Å². The van der Waals surface area contributed by atoms with E-state index in [1.54, 1.807) is 18.2 Å². The van der Waals surface area contributed by atoms with Gasteiger partial charge in [0.15, 0.2) is 0 Å². The van der Waals surface area contributed by atoms with Crippen molar-refractivity contribution < 1.29 is 0 Å². The number of rotatable bonds is 2. The van der Waals surface area contributed by atoms with Crippen molar-refractivity contribution in [2.45, 2.75) is 6.04 Å². The number of nitrogens with two attached hydrogens (primary N) is 3. The number of hydrogen-bond acceptors (Lipinski definition) is 3. The summed E-state index contributed by atoms with van der Waals surface area (Å²) in [4.78, 5) is 0. The fourth-order valence-electron chi connectivity index (χ4n) is 0.971. The second kappa shape index (κ2) is 3.76. The lowest BCUT2D eigenvalue weighted by atomic mass is 10.1. The zero-order valence-electron chi connectivity index (χ0n) is 6.63. The predicted molar refractivity (Wildman–Crippen MR) is 51.8 cm³/mol. The largest absolute Gasteiger partial charge is 0.399 e. The van der Waals surface area contributed by atoms with Crippen molar-refractivity contribution in [2.75, 3.05) is 12.3 Å². The van der Waals surface area contributed by atoms with E-state index in [-0.39, 0.29) is 6.04 Å². The molecule has 1 aromatic carbocycles. The number of anilines is 1. The molecule has 1 unspecified atom stereocenters. The minimum absolute atomic E-state index is 0.210. The van der Waals surface area contributed by atoms with Crippen LogP contribution in [0.1, 0.15) is 11.6 Å². The van der Waals surface area contributed by atoms with Gasteiger partial charge in [-0.1, -0.05) is 17.7 Å². The van der Waals surface area contributed by atoms with Gasteiger partial charge in [0, 0.05) is 23.3 Å². The van der Waals surface area contributed by atoms with Gasteiger partial charge in [-0.05, 0) is 17.7 Å². The summed E-state index contributed by atoms with van der Waals surface area (Å²) in [6.07, 6.45) is 0. The van der Waals surface area contributed by atoms with Crippen LogP contribution in [0.3, 0.4) is 0 Å². The molecule has 1 aromatic rings. The Morgan fingerprint density at radius 3 is 2.58 bits per heavy atom. The van der Waals surface area contributed by atoms with Gasteiger partial charge < -0.3 is 17.2 Å². The van der Waals surface area contributed by atoms with Crippen LogP contribution in [0.4, 0.5) is 5.69 Å².